The van der Waals surface area contributed by atoms with Gasteiger partial charge in [0.1, 0.15) is 0 Å². The van der Waals surface area contributed by atoms with Crippen LogP contribution in [-0.4, -0.2) is 16.9 Å². The normalized spacial score (nSPS) is 19.2. The third kappa shape index (κ3) is 0.928. The summed E-state index contributed by atoms with van der Waals surface area (Å²) in [7, 11) is 0. The Morgan fingerprint density at radius 3 is 2.60 bits per heavy atom. The zero-order chi connectivity index (χ0) is 7.72. The van der Waals surface area contributed by atoms with Gasteiger partial charge in [0.05, 0.1) is 12.1 Å². The van der Waals surface area contributed by atoms with Gasteiger partial charge in [-0.1, -0.05) is 0 Å². The quantitative estimate of drug-likeness (QED) is 0.369. The van der Waals surface area contributed by atoms with Gasteiger partial charge in [-0.05, 0) is 0 Å². The van der Waals surface area contributed by atoms with E-state index in [-0.39, 0.29) is 12.1 Å². The standard InChI is InChI=1S/C5H6N2O3/c6-2-1-3(8)7-5(10)4(2)9/h9H,1,6H2,(H,7,8,10). The Bertz CT molecular complexity index is 231. The lowest BCUT2D eigenvalue weighted by Gasteiger charge is -2.10. The van der Waals surface area contributed by atoms with Crippen molar-refractivity contribution in [3.05, 3.63) is 11.5 Å². The molecule has 0 saturated heterocycles. The van der Waals surface area contributed by atoms with Crippen molar-refractivity contribution in [2.45, 2.75) is 6.42 Å². The van der Waals surface area contributed by atoms with Crippen molar-refractivity contribution in [1.29, 1.82) is 0 Å². The van der Waals surface area contributed by atoms with Crippen LogP contribution in [0.4, 0.5) is 0 Å². The molecule has 1 aliphatic rings. The van der Waals surface area contributed by atoms with E-state index in [4.69, 9.17) is 10.8 Å². The van der Waals surface area contributed by atoms with Gasteiger partial charge in [0.2, 0.25) is 11.7 Å². The number of hydrogen-bond acceptors (Lipinski definition) is 4. The van der Waals surface area contributed by atoms with Gasteiger partial charge < -0.3 is 10.8 Å². The Morgan fingerprint density at radius 2 is 2.10 bits per heavy atom. The van der Waals surface area contributed by atoms with Crippen LogP contribution in [0.15, 0.2) is 11.5 Å². The molecule has 1 aliphatic heterocycles. The second-order valence-electron chi connectivity index (χ2n) is 1.93. The number of nitrogens with one attached hydrogen (secondary N) is 1. The fourth-order valence-electron chi connectivity index (χ4n) is 0.633. The summed E-state index contributed by atoms with van der Waals surface area (Å²) in [6.07, 6.45) is -0.114. The molecule has 0 radical (unpaired) electrons. The van der Waals surface area contributed by atoms with E-state index in [9.17, 15) is 9.59 Å². The summed E-state index contributed by atoms with van der Waals surface area (Å²) in [5.74, 6) is -1.87. The van der Waals surface area contributed by atoms with E-state index in [1.165, 1.54) is 0 Å². The molecule has 1 rings (SSSR count). The number of carbonyl (C=O) groups excluding carboxylic acids is 2. The average molecular weight is 142 g/mol. The summed E-state index contributed by atoms with van der Waals surface area (Å²) < 4.78 is 0. The van der Waals surface area contributed by atoms with Crippen LogP contribution in [0, 0.1) is 0 Å². The largest absolute Gasteiger partial charge is 0.502 e. The minimum absolute atomic E-state index is 0.0752. The van der Waals surface area contributed by atoms with Crippen molar-refractivity contribution in [3.63, 3.8) is 0 Å². The molecule has 0 atom stereocenters. The number of aliphatic hydroxyl groups excluding tert-OH is 1. The third-order valence-electron chi connectivity index (χ3n) is 1.12. The molecule has 0 bridgehead atoms. The molecular formula is C5H6N2O3. The number of hydrogen-bond donors (Lipinski definition) is 3. The Kier molecular flexibility index (Phi) is 1.33. The predicted molar refractivity (Wildman–Crippen MR) is 31.6 cm³/mol. The fourth-order valence-corrected chi connectivity index (χ4v) is 0.633. The van der Waals surface area contributed by atoms with Crippen LogP contribution in [-0.2, 0) is 9.59 Å². The molecule has 0 fully saturated rings. The lowest BCUT2D eigenvalue weighted by Crippen LogP contribution is -2.38. The predicted octanol–water partition coefficient (Wildman–Crippen LogP) is -1.24. The molecule has 10 heavy (non-hydrogen) atoms. The average Bonchev–Trinajstić information content (AvgIpc) is 1.82. The van der Waals surface area contributed by atoms with Gasteiger partial charge in [-0.25, -0.2) is 0 Å². The molecule has 1 heterocycles. The van der Waals surface area contributed by atoms with Gasteiger partial charge in [-0.3, -0.25) is 14.9 Å². The van der Waals surface area contributed by atoms with E-state index in [1.54, 1.807) is 0 Å². The second-order valence-corrected chi connectivity index (χ2v) is 1.93. The Balaban J connectivity index is 2.95. The van der Waals surface area contributed by atoms with Crippen molar-refractivity contribution in [2.75, 3.05) is 0 Å². The molecule has 54 valence electrons. The van der Waals surface area contributed by atoms with Gasteiger partial charge in [0.25, 0.3) is 5.91 Å². The summed E-state index contributed by atoms with van der Waals surface area (Å²) in [5.41, 5.74) is 5.03. The highest BCUT2D eigenvalue weighted by atomic mass is 16.3. The molecule has 2 amide bonds. The number of nitrogens with two attached hydrogens (primary N) is 1. The molecule has 0 aliphatic carbocycles. The Hall–Kier alpha value is -1.52. The second kappa shape index (κ2) is 2.02. The summed E-state index contributed by atoms with van der Waals surface area (Å²) >= 11 is 0. The molecule has 0 saturated carbocycles. The fraction of sp³-hybridized carbons (Fsp3) is 0.200. The highest BCUT2D eigenvalue weighted by Crippen LogP contribution is 2.04. The first-order valence-corrected chi connectivity index (χ1v) is 2.63. The van der Waals surface area contributed by atoms with Gasteiger partial charge in [-0.2, -0.15) is 0 Å². The molecule has 5 heteroatoms. The maximum absolute atomic E-state index is 10.5. The molecule has 5 nitrogen and oxygen atoms in total. The first kappa shape index (κ1) is 6.60. The molecule has 0 spiro atoms. The van der Waals surface area contributed by atoms with E-state index >= 15 is 0 Å². The minimum atomic E-state index is -0.825. The molecular weight excluding hydrogens is 136 g/mol. The lowest BCUT2D eigenvalue weighted by molar-refractivity contribution is -0.130. The summed E-state index contributed by atoms with van der Waals surface area (Å²) in [6, 6.07) is 0. The van der Waals surface area contributed by atoms with Crippen molar-refractivity contribution >= 4 is 11.8 Å². The number of imide groups is 1. The number of aliphatic hydroxyl groups is 1. The maximum Gasteiger partial charge on any atom is 0.294 e. The minimum Gasteiger partial charge on any atom is -0.502 e. The molecule has 4 N–H and O–H groups in total. The number of carbonyl (C=O) groups is 2. The highest BCUT2D eigenvalue weighted by molar-refractivity contribution is 6.06. The summed E-state index contributed by atoms with van der Waals surface area (Å²) in [5, 5.41) is 10.6. The van der Waals surface area contributed by atoms with Crippen molar-refractivity contribution in [2.24, 2.45) is 5.73 Å². The van der Waals surface area contributed by atoms with Gasteiger partial charge in [-0.15, -0.1) is 0 Å². The molecule has 0 aromatic rings. The van der Waals surface area contributed by atoms with Crippen molar-refractivity contribution < 1.29 is 14.7 Å². The van der Waals surface area contributed by atoms with Crippen LogP contribution >= 0.6 is 0 Å². The molecule has 0 aromatic carbocycles. The highest BCUT2D eigenvalue weighted by Gasteiger charge is 2.22. The monoisotopic (exact) mass is 142 g/mol. The Labute approximate surface area is 56.5 Å². The zero-order valence-corrected chi connectivity index (χ0v) is 5.05. The third-order valence-corrected chi connectivity index (χ3v) is 1.12. The maximum atomic E-state index is 10.5. The SMILES string of the molecule is NC1=C(O)C(=O)NC(=O)C1. The summed E-state index contributed by atoms with van der Waals surface area (Å²) in [6.45, 7) is 0. The van der Waals surface area contributed by atoms with Crippen molar-refractivity contribution in [1.82, 2.24) is 5.32 Å². The van der Waals surface area contributed by atoms with Gasteiger partial charge in [0, 0.05) is 0 Å². The van der Waals surface area contributed by atoms with Gasteiger partial charge >= 0.3 is 0 Å². The van der Waals surface area contributed by atoms with E-state index < -0.39 is 17.6 Å². The first-order valence-electron chi connectivity index (χ1n) is 2.63. The topological polar surface area (TPSA) is 92.4 Å². The zero-order valence-electron chi connectivity index (χ0n) is 5.05. The van der Waals surface area contributed by atoms with Crippen LogP contribution < -0.4 is 11.1 Å². The van der Waals surface area contributed by atoms with Gasteiger partial charge in [0.15, 0.2) is 0 Å². The van der Waals surface area contributed by atoms with E-state index in [0.29, 0.717) is 0 Å². The number of amides is 2. The lowest BCUT2D eigenvalue weighted by atomic mass is 10.2. The summed E-state index contributed by atoms with van der Waals surface area (Å²) in [4.78, 5) is 21.0. The van der Waals surface area contributed by atoms with E-state index in [2.05, 4.69) is 0 Å². The van der Waals surface area contributed by atoms with Crippen LogP contribution in [0.25, 0.3) is 0 Å². The molecule has 0 aromatic heterocycles. The number of rotatable bonds is 0. The van der Waals surface area contributed by atoms with Crippen LogP contribution in [0.3, 0.4) is 0 Å². The molecule has 0 unspecified atom stereocenters. The van der Waals surface area contributed by atoms with Crippen LogP contribution in [0.5, 0.6) is 0 Å². The van der Waals surface area contributed by atoms with Crippen LogP contribution in [0.1, 0.15) is 6.42 Å². The Morgan fingerprint density at radius 1 is 1.50 bits per heavy atom. The first-order chi connectivity index (χ1) is 4.61. The van der Waals surface area contributed by atoms with E-state index in [1.807, 2.05) is 5.32 Å². The van der Waals surface area contributed by atoms with E-state index in [0.717, 1.165) is 0 Å². The smallest absolute Gasteiger partial charge is 0.294 e. The van der Waals surface area contributed by atoms with Crippen molar-refractivity contribution in [3.8, 4) is 0 Å². The van der Waals surface area contributed by atoms with Crippen LogP contribution in [0.2, 0.25) is 0 Å².